The molecule has 1 aliphatic carbocycles. The number of aromatic nitrogens is 1. The van der Waals surface area contributed by atoms with Crippen LogP contribution in [0.1, 0.15) is 36.9 Å². The highest BCUT2D eigenvalue weighted by Crippen LogP contribution is 2.39. The minimum absolute atomic E-state index is 0.0301. The molecular formula is C19H18F3N3O2. The van der Waals surface area contributed by atoms with Gasteiger partial charge in [-0.05, 0) is 49.5 Å². The summed E-state index contributed by atoms with van der Waals surface area (Å²) in [5.41, 5.74) is 4.38. The van der Waals surface area contributed by atoms with Gasteiger partial charge in [-0.2, -0.15) is 23.4 Å². The highest BCUT2D eigenvalue weighted by molar-refractivity contribution is 5.99. The third kappa shape index (κ3) is 5.22. The number of pyridine rings is 1. The summed E-state index contributed by atoms with van der Waals surface area (Å²) in [6.07, 6.45) is -0.846. The first-order valence-corrected chi connectivity index (χ1v) is 8.22. The minimum Gasteiger partial charge on any atom is -0.481 e. The average Bonchev–Trinajstić information content (AvgIpc) is 2.65. The van der Waals surface area contributed by atoms with Gasteiger partial charge in [-0.15, -0.1) is 5.73 Å². The number of carbonyl (C=O) groups is 1. The molecule has 0 saturated heterocycles. The summed E-state index contributed by atoms with van der Waals surface area (Å²) in [4.78, 5) is 15.6. The fourth-order valence-electron chi connectivity index (χ4n) is 2.76. The number of allylic oxidation sites excluding steroid dienone is 1. The predicted octanol–water partition coefficient (Wildman–Crippen LogP) is 4.38. The minimum atomic E-state index is -4.16. The van der Waals surface area contributed by atoms with Crippen LogP contribution in [-0.4, -0.2) is 24.2 Å². The van der Waals surface area contributed by atoms with E-state index in [1.54, 1.807) is 6.08 Å². The third-order valence-electron chi connectivity index (χ3n) is 4.24. The van der Waals surface area contributed by atoms with Crippen LogP contribution in [0.5, 0.6) is 5.88 Å². The van der Waals surface area contributed by atoms with Crippen molar-refractivity contribution in [2.24, 2.45) is 5.92 Å². The van der Waals surface area contributed by atoms with E-state index in [2.05, 4.69) is 22.6 Å². The smallest absolute Gasteiger partial charge is 0.391 e. The Hall–Kier alpha value is -3.04. The Kier molecular flexibility index (Phi) is 6.43. The van der Waals surface area contributed by atoms with Crippen LogP contribution in [0.3, 0.4) is 0 Å². The lowest BCUT2D eigenvalue weighted by molar-refractivity contribution is -0.179. The lowest BCUT2D eigenvalue weighted by atomic mass is 9.86. The topological polar surface area (TPSA) is 75.0 Å². The number of halogens is 3. The van der Waals surface area contributed by atoms with E-state index in [1.807, 2.05) is 6.07 Å². The molecule has 0 radical (unpaired) electrons. The van der Waals surface area contributed by atoms with Crippen LogP contribution >= 0.6 is 0 Å². The molecule has 1 aromatic heterocycles. The van der Waals surface area contributed by atoms with E-state index < -0.39 is 18.0 Å². The highest BCUT2D eigenvalue weighted by atomic mass is 19.4. The summed E-state index contributed by atoms with van der Waals surface area (Å²) in [6, 6.07) is 3.37. The molecule has 1 saturated carbocycles. The molecule has 0 unspecified atom stereocenters. The fourth-order valence-corrected chi connectivity index (χ4v) is 2.76. The van der Waals surface area contributed by atoms with Crippen LogP contribution in [0.25, 0.3) is 6.08 Å². The molecular weight excluding hydrogens is 359 g/mol. The number of nitriles is 1. The van der Waals surface area contributed by atoms with Gasteiger partial charge in [-0.1, -0.05) is 6.58 Å². The van der Waals surface area contributed by atoms with Crippen molar-refractivity contribution in [2.45, 2.75) is 31.9 Å². The van der Waals surface area contributed by atoms with Gasteiger partial charge in [0, 0.05) is 5.56 Å². The zero-order chi connectivity index (χ0) is 20.0. The molecule has 27 heavy (non-hydrogen) atoms. The maximum absolute atomic E-state index is 12.7. The van der Waals surface area contributed by atoms with E-state index >= 15 is 0 Å². The van der Waals surface area contributed by atoms with Gasteiger partial charge >= 0.3 is 6.18 Å². The van der Waals surface area contributed by atoms with E-state index in [0.717, 1.165) is 11.6 Å². The zero-order valence-corrected chi connectivity index (χ0v) is 14.7. The molecule has 0 aliphatic heterocycles. The van der Waals surface area contributed by atoms with Crippen LogP contribution in [0.15, 0.2) is 30.0 Å². The SMILES string of the molecule is C=CC(=O)Nc1cc(C=C=C2CCC(C(F)(F)F)CC2)c(OC)nc1C#N. The van der Waals surface area contributed by atoms with E-state index in [9.17, 15) is 23.2 Å². The second-order valence-corrected chi connectivity index (χ2v) is 6.00. The molecule has 2 rings (SSSR count). The van der Waals surface area contributed by atoms with Crippen molar-refractivity contribution in [1.82, 2.24) is 4.98 Å². The fraction of sp³-hybridized carbons (Fsp3) is 0.368. The molecule has 5 nitrogen and oxygen atoms in total. The zero-order valence-electron chi connectivity index (χ0n) is 14.7. The van der Waals surface area contributed by atoms with Gasteiger partial charge in [0.05, 0.1) is 18.7 Å². The Labute approximate surface area is 154 Å². The van der Waals surface area contributed by atoms with Crippen molar-refractivity contribution >= 4 is 17.7 Å². The maximum Gasteiger partial charge on any atom is 0.391 e. The van der Waals surface area contributed by atoms with E-state index in [0.29, 0.717) is 18.4 Å². The van der Waals surface area contributed by atoms with Crippen LogP contribution in [0.4, 0.5) is 18.9 Å². The number of nitrogens with one attached hydrogen (secondary N) is 1. The molecule has 0 aromatic carbocycles. The lowest BCUT2D eigenvalue weighted by Crippen LogP contribution is -2.25. The molecule has 1 N–H and O–H groups in total. The molecule has 1 amide bonds. The van der Waals surface area contributed by atoms with Crippen molar-refractivity contribution in [3.05, 3.63) is 41.3 Å². The van der Waals surface area contributed by atoms with Crippen LogP contribution in [0, 0.1) is 17.2 Å². The molecule has 0 bridgehead atoms. The Bertz CT molecular complexity index is 837. The molecule has 0 atom stereocenters. The largest absolute Gasteiger partial charge is 0.481 e. The standard InChI is InChI=1S/C19H18F3N3O2/c1-3-17(26)24-15-10-13(18(27-2)25-16(15)11-23)7-4-12-5-8-14(9-6-12)19(20,21)22/h3,7,10,14H,1,5-6,8-9H2,2H3,(H,24,26). The lowest BCUT2D eigenvalue weighted by Gasteiger charge is -2.24. The number of hydrogen-bond donors (Lipinski definition) is 1. The Balaban J connectivity index is 2.31. The molecule has 1 aromatic rings. The Morgan fingerprint density at radius 3 is 2.63 bits per heavy atom. The van der Waals surface area contributed by atoms with Gasteiger partial charge in [0.25, 0.3) is 0 Å². The number of ether oxygens (including phenoxy) is 1. The van der Waals surface area contributed by atoms with Gasteiger partial charge in [0.1, 0.15) is 6.07 Å². The number of methoxy groups -OCH3 is 1. The predicted molar refractivity (Wildman–Crippen MR) is 93.8 cm³/mol. The van der Waals surface area contributed by atoms with Gasteiger partial charge in [-0.25, -0.2) is 0 Å². The number of anilines is 1. The van der Waals surface area contributed by atoms with Gasteiger partial charge in [0.2, 0.25) is 11.8 Å². The second kappa shape index (κ2) is 8.56. The first-order valence-electron chi connectivity index (χ1n) is 8.22. The van der Waals surface area contributed by atoms with E-state index in [1.165, 1.54) is 13.2 Å². The monoisotopic (exact) mass is 377 g/mol. The first kappa shape index (κ1) is 20.3. The van der Waals surface area contributed by atoms with E-state index in [-0.39, 0.29) is 30.1 Å². The number of alkyl halides is 3. The van der Waals surface area contributed by atoms with Crippen molar-refractivity contribution in [2.75, 3.05) is 12.4 Å². The highest BCUT2D eigenvalue weighted by Gasteiger charge is 2.40. The second-order valence-electron chi connectivity index (χ2n) is 6.00. The van der Waals surface area contributed by atoms with Crippen LogP contribution < -0.4 is 10.1 Å². The summed E-state index contributed by atoms with van der Waals surface area (Å²) in [5.74, 6) is -1.62. The molecule has 1 heterocycles. The van der Waals surface area contributed by atoms with Gasteiger partial charge < -0.3 is 10.1 Å². The molecule has 142 valence electrons. The van der Waals surface area contributed by atoms with Crippen LogP contribution in [-0.2, 0) is 4.79 Å². The molecule has 1 aliphatic rings. The summed E-state index contributed by atoms with van der Waals surface area (Å²) >= 11 is 0. The maximum atomic E-state index is 12.7. The molecule has 1 fully saturated rings. The Morgan fingerprint density at radius 1 is 1.44 bits per heavy atom. The Morgan fingerprint density at radius 2 is 2.11 bits per heavy atom. The molecule has 0 spiro atoms. The van der Waals surface area contributed by atoms with Gasteiger partial charge in [-0.3, -0.25) is 4.79 Å². The number of rotatable bonds is 4. The normalized spacial score (nSPS) is 16.7. The van der Waals surface area contributed by atoms with E-state index in [4.69, 9.17) is 4.74 Å². The summed E-state index contributed by atoms with van der Waals surface area (Å²) in [6.45, 7) is 3.35. The van der Waals surface area contributed by atoms with Crippen molar-refractivity contribution in [1.29, 1.82) is 5.26 Å². The van der Waals surface area contributed by atoms with Gasteiger partial charge in [0.15, 0.2) is 5.69 Å². The number of amides is 1. The first-order chi connectivity index (χ1) is 12.8. The summed E-state index contributed by atoms with van der Waals surface area (Å²) < 4.78 is 43.4. The van der Waals surface area contributed by atoms with Crippen molar-refractivity contribution in [3.8, 4) is 11.9 Å². The average molecular weight is 377 g/mol. The quantitative estimate of drug-likeness (QED) is 0.624. The number of nitrogens with zero attached hydrogens (tertiary/aromatic N) is 2. The van der Waals surface area contributed by atoms with Crippen LogP contribution in [0.2, 0.25) is 0 Å². The third-order valence-corrected chi connectivity index (χ3v) is 4.24. The summed E-state index contributed by atoms with van der Waals surface area (Å²) in [7, 11) is 1.38. The summed E-state index contributed by atoms with van der Waals surface area (Å²) in [5, 5.41) is 11.7. The van der Waals surface area contributed by atoms with Crippen molar-refractivity contribution in [3.63, 3.8) is 0 Å². The molecule has 8 heteroatoms. The van der Waals surface area contributed by atoms with Crippen molar-refractivity contribution < 1.29 is 22.7 Å². The number of carbonyl (C=O) groups excluding carboxylic acids is 1. The number of hydrogen-bond acceptors (Lipinski definition) is 4.